The first-order valence-corrected chi connectivity index (χ1v) is 10.5. The van der Waals surface area contributed by atoms with Crippen molar-refractivity contribution in [3.63, 3.8) is 0 Å². The van der Waals surface area contributed by atoms with Crippen molar-refractivity contribution < 1.29 is 22.7 Å². The first-order chi connectivity index (χ1) is 12.3. The van der Waals surface area contributed by atoms with Crippen molar-refractivity contribution in [1.29, 1.82) is 0 Å². The van der Waals surface area contributed by atoms with Gasteiger partial charge in [0.05, 0.1) is 18.1 Å². The van der Waals surface area contributed by atoms with Crippen LogP contribution in [0.3, 0.4) is 0 Å². The van der Waals surface area contributed by atoms with E-state index in [0.717, 1.165) is 0 Å². The Bertz CT molecular complexity index is 719. The molecule has 0 radical (unpaired) electrons. The zero-order chi connectivity index (χ0) is 18.8. The predicted octanol–water partition coefficient (Wildman–Crippen LogP) is 1.36. The highest BCUT2D eigenvalue weighted by atomic mass is 32.2. The molecule has 0 bridgehead atoms. The van der Waals surface area contributed by atoms with E-state index in [1.807, 2.05) is 13.8 Å². The van der Waals surface area contributed by atoms with E-state index in [0.29, 0.717) is 39.1 Å². The van der Waals surface area contributed by atoms with Crippen LogP contribution < -0.4 is 4.72 Å². The van der Waals surface area contributed by atoms with Crippen LogP contribution in [0.1, 0.15) is 26.7 Å². The standard InChI is InChI=1S/C18H26N2O5S/c1-14(2)16(19-26(22,23)15-6-4-3-5-7-15)17(21)20-10-8-18(9-11-20)24-12-13-25-18/h3-7,14,16,19H,8-13H2,1-2H3. The van der Waals surface area contributed by atoms with Crippen LogP contribution in [0.25, 0.3) is 0 Å². The molecule has 1 atom stereocenters. The summed E-state index contributed by atoms with van der Waals surface area (Å²) in [4.78, 5) is 14.8. The van der Waals surface area contributed by atoms with Crippen molar-refractivity contribution in [2.24, 2.45) is 5.92 Å². The number of amides is 1. The topological polar surface area (TPSA) is 84.9 Å². The number of carbonyl (C=O) groups excluding carboxylic acids is 1. The monoisotopic (exact) mass is 382 g/mol. The number of carbonyl (C=O) groups is 1. The van der Waals surface area contributed by atoms with Gasteiger partial charge < -0.3 is 14.4 Å². The quantitative estimate of drug-likeness (QED) is 0.831. The Morgan fingerprint density at radius 2 is 1.69 bits per heavy atom. The molecule has 7 nitrogen and oxygen atoms in total. The van der Waals surface area contributed by atoms with Crippen molar-refractivity contribution >= 4 is 15.9 Å². The minimum absolute atomic E-state index is 0.156. The molecular formula is C18H26N2O5S. The van der Waals surface area contributed by atoms with E-state index >= 15 is 0 Å². The van der Waals surface area contributed by atoms with Gasteiger partial charge in [-0.05, 0) is 18.1 Å². The fraction of sp³-hybridized carbons (Fsp3) is 0.611. The highest BCUT2D eigenvalue weighted by molar-refractivity contribution is 7.89. The summed E-state index contributed by atoms with van der Waals surface area (Å²) in [5.41, 5.74) is 0. The SMILES string of the molecule is CC(C)C(NS(=O)(=O)c1ccccc1)C(=O)N1CCC2(CC1)OCCO2. The van der Waals surface area contributed by atoms with Crippen LogP contribution in [-0.2, 0) is 24.3 Å². The largest absolute Gasteiger partial charge is 0.347 e. The molecule has 2 heterocycles. The lowest BCUT2D eigenvalue weighted by molar-refractivity contribution is -0.188. The number of hydrogen-bond acceptors (Lipinski definition) is 5. The minimum atomic E-state index is -3.76. The number of likely N-dealkylation sites (tertiary alicyclic amines) is 1. The molecule has 1 spiro atoms. The Kier molecular flexibility index (Phi) is 5.67. The molecule has 1 N–H and O–H groups in total. The van der Waals surface area contributed by atoms with Crippen LogP contribution in [0.15, 0.2) is 35.2 Å². The molecule has 144 valence electrons. The summed E-state index contributed by atoms with van der Waals surface area (Å²) < 4.78 is 39.2. The Morgan fingerprint density at radius 3 is 2.23 bits per heavy atom. The number of nitrogens with one attached hydrogen (secondary N) is 1. The van der Waals surface area contributed by atoms with Crippen LogP contribution in [0.4, 0.5) is 0 Å². The van der Waals surface area contributed by atoms with Gasteiger partial charge in [-0.15, -0.1) is 0 Å². The predicted molar refractivity (Wildman–Crippen MR) is 95.8 cm³/mol. The summed E-state index contributed by atoms with van der Waals surface area (Å²) in [6.45, 7) is 5.83. The number of rotatable bonds is 5. The van der Waals surface area contributed by atoms with E-state index in [9.17, 15) is 13.2 Å². The Hall–Kier alpha value is -1.48. The van der Waals surface area contributed by atoms with Gasteiger partial charge in [-0.25, -0.2) is 8.42 Å². The van der Waals surface area contributed by atoms with E-state index in [2.05, 4.69) is 4.72 Å². The fourth-order valence-electron chi connectivity index (χ4n) is 3.36. The van der Waals surface area contributed by atoms with Crippen molar-refractivity contribution in [1.82, 2.24) is 9.62 Å². The van der Waals surface area contributed by atoms with E-state index in [4.69, 9.17) is 9.47 Å². The van der Waals surface area contributed by atoms with Crippen LogP contribution in [-0.4, -0.2) is 57.4 Å². The van der Waals surface area contributed by atoms with E-state index in [-0.39, 0.29) is 16.7 Å². The Morgan fingerprint density at radius 1 is 1.12 bits per heavy atom. The molecule has 0 aliphatic carbocycles. The fourth-order valence-corrected chi connectivity index (χ4v) is 4.72. The first-order valence-electron chi connectivity index (χ1n) is 8.97. The second-order valence-electron chi connectivity index (χ2n) is 7.09. The van der Waals surface area contributed by atoms with Crippen molar-refractivity contribution in [2.75, 3.05) is 26.3 Å². The lowest BCUT2D eigenvalue weighted by Crippen LogP contribution is -2.55. The highest BCUT2D eigenvalue weighted by Crippen LogP contribution is 2.31. The summed E-state index contributed by atoms with van der Waals surface area (Å²) >= 11 is 0. The lowest BCUT2D eigenvalue weighted by Gasteiger charge is -2.39. The summed E-state index contributed by atoms with van der Waals surface area (Å²) in [6, 6.07) is 7.30. The average molecular weight is 382 g/mol. The zero-order valence-electron chi connectivity index (χ0n) is 15.2. The third kappa shape index (κ3) is 4.09. The maximum Gasteiger partial charge on any atom is 0.241 e. The van der Waals surface area contributed by atoms with Crippen LogP contribution in [0.2, 0.25) is 0 Å². The van der Waals surface area contributed by atoms with E-state index < -0.39 is 21.9 Å². The third-order valence-corrected chi connectivity index (χ3v) is 6.38. The summed E-state index contributed by atoms with van der Waals surface area (Å²) in [5, 5.41) is 0. The maximum atomic E-state index is 13.0. The van der Waals surface area contributed by atoms with Crippen LogP contribution in [0.5, 0.6) is 0 Å². The molecule has 8 heteroatoms. The minimum Gasteiger partial charge on any atom is -0.347 e. The number of nitrogens with zero attached hydrogens (tertiary/aromatic N) is 1. The van der Waals surface area contributed by atoms with Gasteiger partial charge in [0.2, 0.25) is 15.9 Å². The summed E-state index contributed by atoms with van der Waals surface area (Å²) in [7, 11) is -3.76. The molecule has 1 aromatic rings. The number of hydrogen-bond donors (Lipinski definition) is 1. The zero-order valence-corrected chi connectivity index (χ0v) is 16.0. The second kappa shape index (κ2) is 7.64. The normalized spacial score (nSPS) is 21.3. The van der Waals surface area contributed by atoms with Crippen LogP contribution in [0, 0.1) is 5.92 Å². The molecule has 3 rings (SSSR count). The average Bonchev–Trinajstić information content (AvgIpc) is 3.08. The number of piperidine rings is 1. The molecule has 26 heavy (non-hydrogen) atoms. The first kappa shape index (κ1) is 19.3. The molecule has 1 amide bonds. The molecule has 2 saturated heterocycles. The van der Waals surface area contributed by atoms with Crippen molar-refractivity contribution in [3.8, 4) is 0 Å². The summed E-state index contributed by atoms with van der Waals surface area (Å²) in [5.74, 6) is -0.934. The van der Waals surface area contributed by atoms with Gasteiger partial charge in [0.1, 0.15) is 6.04 Å². The van der Waals surface area contributed by atoms with Gasteiger partial charge in [-0.1, -0.05) is 32.0 Å². The number of benzene rings is 1. The lowest BCUT2D eigenvalue weighted by atomic mass is 9.99. The van der Waals surface area contributed by atoms with Gasteiger partial charge >= 0.3 is 0 Å². The highest BCUT2D eigenvalue weighted by Gasteiger charge is 2.42. The van der Waals surface area contributed by atoms with Gasteiger partial charge in [0, 0.05) is 25.9 Å². The third-order valence-electron chi connectivity index (χ3n) is 4.92. The number of sulfonamides is 1. The maximum absolute atomic E-state index is 13.0. The van der Waals surface area contributed by atoms with E-state index in [1.165, 1.54) is 12.1 Å². The van der Waals surface area contributed by atoms with Crippen molar-refractivity contribution in [3.05, 3.63) is 30.3 Å². The van der Waals surface area contributed by atoms with Gasteiger partial charge in [-0.3, -0.25) is 4.79 Å². The summed E-state index contributed by atoms with van der Waals surface area (Å²) in [6.07, 6.45) is 1.21. The molecule has 2 fully saturated rings. The Balaban J connectivity index is 1.69. The number of ether oxygens (including phenoxy) is 2. The van der Waals surface area contributed by atoms with E-state index in [1.54, 1.807) is 23.1 Å². The molecule has 1 unspecified atom stereocenters. The molecule has 2 aliphatic rings. The van der Waals surface area contributed by atoms with Crippen LogP contribution >= 0.6 is 0 Å². The molecule has 1 aromatic carbocycles. The van der Waals surface area contributed by atoms with Gasteiger partial charge in [-0.2, -0.15) is 4.72 Å². The Labute approximate surface area is 154 Å². The van der Waals surface area contributed by atoms with Crippen molar-refractivity contribution in [2.45, 2.75) is 43.4 Å². The molecule has 2 aliphatic heterocycles. The van der Waals surface area contributed by atoms with Gasteiger partial charge in [0.25, 0.3) is 0 Å². The molecular weight excluding hydrogens is 356 g/mol. The molecule has 0 saturated carbocycles. The smallest absolute Gasteiger partial charge is 0.241 e. The van der Waals surface area contributed by atoms with Gasteiger partial charge in [0.15, 0.2) is 5.79 Å². The molecule has 0 aromatic heterocycles. The second-order valence-corrected chi connectivity index (χ2v) is 8.80.